The van der Waals surface area contributed by atoms with E-state index >= 15 is 0 Å². The van der Waals surface area contributed by atoms with Gasteiger partial charge in [-0.2, -0.15) is 15.3 Å². The summed E-state index contributed by atoms with van der Waals surface area (Å²) in [5.74, 6) is 0.505. The molecule has 1 saturated carbocycles. The molecule has 0 aliphatic heterocycles. The molecule has 1 fully saturated rings. The quantitative estimate of drug-likeness (QED) is 0.620. The second-order valence-corrected chi connectivity index (χ2v) is 6.53. The Morgan fingerprint density at radius 1 is 1.16 bits per heavy atom. The predicted octanol–water partition coefficient (Wildman–Crippen LogP) is 2.30. The first-order chi connectivity index (χ1) is 12.2. The molecule has 4 heterocycles. The van der Waals surface area contributed by atoms with Crippen LogP contribution >= 0.6 is 0 Å². The van der Waals surface area contributed by atoms with Crippen molar-refractivity contribution in [2.75, 3.05) is 5.73 Å². The third-order valence-corrected chi connectivity index (χ3v) is 4.85. The lowest BCUT2D eigenvalue weighted by Crippen LogP contribution is -2.17. The average molecular weight is 334 g/mol. The van der Waals surface area contributed by atoms with Crippen LogP contribution < -0.4 is 5.73 Å². The minimum absolute atomic E-state index is 0.457. The van der Waals surface area contributed by atoms with E-state index in [2.05, 4.69) is 15.3 Å². The Balaban J connectivity index is 1.69. The fourth-order valence-corrected chi connectivity index (χ4v) is 3.24. The summed E-state index contributed by atoms with van der Waals surface area (Å²) >= 11 is 0. The zero-order valence-electron chi connectivity index (χ0n) is 13.9. The molecule has 0 radical (unpaired) electrons. The van der Waals surface area contributed by atoms with Crippen LogP contribution in [0.1, 0.15) is 25.3 Å². The fraction of sp³-hybridized carbons (Fsp3) is 0.294. The van der Waals surface area contributed by atoms with Gasteiger partial charge in [0.25, 0.3) is 0 Å². The molecule has 4 aromatic rings. The Hall–Kier alpha value is -3.16. The molecule has 8 heteroatoms. The van der Waals surface area contributed by atoms with Crippen molar-refractivity contribution in [1.82, 2.24) is 34.2 Å². The molecule has 0 saturated heterocycles. The molecule has 0 aromatic carbocycles. The van der Waals surface area contributed by atoms with E-state index in [1.807, 2.05) is 40.9 Å². The van der Waals surface area contributed by atoms with E-state index < -0.39 is 0 Å². The minimum atomic E-state index is 0.457. The Bertz CT molecular complexity index is 1070. The molecule has 25 heavy (non-hydrogen) atoms. The number of aryl methyl sites for hydroxylation is 1. The van der Waals surface area contributed by atoms with Crippen LogP contribution in [0.2, 0.25) is 0 Å². The maximum Gasteiger partial charge on any atom is 0.155 e. The maximum atomic E-state index is 6.22. The lowest BCUT2D eigenvalue weighted by molar-refractivity contribution is 0.290. The van der Waals surface area contributed by atoms with Crippen molar-refractivity contribution in [1.29, 1.82) is 0 Å². The predicted molar refractivity (Wildman–Crippen MR) is 93.7 cm³/mol. The average Bonchev–Trinajstić information content (AvgIpc) is 3.24. The van der Waals surface area contributed by atoms with Crippen molar-refractivity contribution in [3.63, 3.8) is 0 Å². The topological polar surface area (TPSA) is 91.8 Å². The summed E-state index contributed by atoms with van der Waals surface area (Å²) in [7, 11) is 1.89. The Morgan fingerprint density at radius 3 is 2.76 bits per heavy atom. The number of nitrogens with two attached hydrogens (primary N) is 1. The lowest BCUT2D eigenvalue weighted by Gasteiger charge is -2.25. The monoisotopic (exact) mass is 334 g/mol. The summed E-state index contributed by atoms with van der Waals surface area (Å²) in [5.41, 5.74) is 10.5. The Kier molecular flexibility index (Phi) is 2.94. The first kappa shape index (κ1) is 14.2. The van der Waals surface area contributed by atoms with E-state index in [4.69, 9.17) is 10.7 Å². The van der Waals surface area contributed by atoms with Gasteiger partial charge < -0.3 is 5.73 Å². The van der Waals surface area contributed by atoms with Crippen LogP contribution in [0.15, 0.2) is 37.1 Å². The van der Waals surface area contributed by atoms with E-state index in [1.165, 1.54) is 6.42 Å². The third kappa shape index (κ3) is 2.21. The van der Waals surface area contributed by atoms with Gasteiger partial charge in [0, 0.05) is 25.0 Å². The number of aromatic nitrogens is 7. The number of rotatable bonds is 3. The van der Waals surface area contributed by atoms with Crippen LogP contribution in [0, 0.1) is 0 Å². The van der Waals surface area contributed by atoms with E-state index in [-0.39, 0.29) is 0 Å². The molecular weight excluding hydrogens is 316 g/mol. The van der Waals surface area contributed by atoms with Gasteiger partial charge in [-0.15, -0.1) is 0 Å². The van der Waals surface area contributed by atoms with Crippen molar-refractivity contribution in [2.24, 2.45) is 7.05 Å². The normalized spacial score (nSPS) is 14.9. The van der Waals surface area contributed by atoms with Crippen molar-refractivity contribution in [3.8, 4) is 22.5 Å². The first-order valence-corrected chi connectivity index (χ1v) is 8.37. The molecule has 4 aromatic heterocycles. The van der Waals surface area contributed by atoms with E-state index in [0.717, 1.165) is 40.9 Å². The number of nitrogens with zero attached hydrogens (tertiary/aromatic N) is 7. The van der Waals surface area contributed by atoms with Gasteiger partial charge in [0.1, 0.15) is 5.69 Å². The van der Waals surface area contributed by atoms with E-state index in [0.29, 0.717) is 11.9 Å². The molecule has 8 nitrogen and oxygen atoms in total. The highest BCUT2D eigenvalue weighted by molar-refractivity contribution is 5.83. The van der Waals surface area contributed by atoms with Crippen LogP contribution in [0.5, 0.6) is 0 Å². The number of hydrogen-bond acceptors (Lipinski definition) is 5. The number of anilines is 1. The second kappa shape index (κ2) is 5.17. The highest BCUT2D eigenvalue weighted by Gasteiger charge is 2.23. The van der Waals surface area contributed by atoms with Crippen molar-refractivity contribution < 1.29 is 0 Å². The molecule has 1 aliphatic carbocycles. The summed E-state index contributed by atoms with van der Waals surface area (Å²) in [6.07, 6.45) is 13.0. The lowest BCUT2D eigenvalue weighted by atomic mass is 9.93. The Labute approximate surface area is 143 Å². The summed E-state index contributed by atoms with van der Waals surface area (Å²) in [6.45, 7) is 0. The van der Waals surface area contributed by atoms with Crippen molar-refractivity contribution in [2.45, 2.75) is 25.3 Å². The van der Waals surface area contributed by atoms with Gasteiger partial charge in [-0.25, -0.2) is 9.50 Å². The van der Waals surface area contributed by atoms with E-state index in [1.54, 1.807) is 17.1 Å². The van der Waals surface area contributed by atoms with Gasteiger partial charge >= 0.3 is 0 Å². The number of fused-ring (bicyclic) bond motifs is 1. The van der Waals surface area contributed by atoms with Crippen LogP contribution in [-0.4, -0.2) is 34.2 Å². The molecular formula is C17H18N8. The van der Waals surface area contributed by atoms with Gasteiger partial charge in [-0.3, -0.25) is 9.36 Å². The summed E-state index contributed by atoms with van der Waals surface area (Å²) in [6, 6.07) is 2.40. The highest BCUT2D eigenvalue weighted by Crippen LogP contribution is 2.35. The Morgan fingerprint density at radius 2 is 2.04 bits per heavy atom. The zero-order chi connectivity index (χ0) is 17.0. The smallest absolute Gasteiger partial charge is 0.155 e. The molecule has 126 valence electrons. The second-order valence-electron chi connectivity index (χ2n) is 6.53. The maximum absolute atomic E-state index is 6.22. The standard InChI is InChI=1S/C17H18N8/c1-23-8-11(7-20-23)14-10-25-15(5-6-19-25)16(21-14)13-9-24(22-17(13)18)12-3-2-4-12/h5-10,12H,2-4H2,1H3,(H2,18,22). The zero-order valence-corrected chi connectivity index (χ0v) is 13.9. The van der Waals surface area contributed by atoms with Crippen LogP contribution in [0.3, 0.4) is 0 Å². The van der Waals surface area contributed by atoms with Crippen LogP contribution in [-0.2, 0) is 7.05 Å². The number of nitrogen functional groups attached to an aromatic ring is 1. The molecule has 0 bridgehead atoms. The molecule has 1 aliphatic rings. The SMILES string of the molecule is Cn1cc(-c2cn3nccc3c(-c3cn(C4CCC4)nc3N)n2)cn1. The van der Waals surface area contributed by atoms with Gasteiger partial charge in [0.05, 0.1) is 41.4 Å². The van der Waals surface area contributed by atoms with Gasteiger partial charge in [-0.1, -0.05) is 0 Å². The highest BCUT2D eigenvalue weighted by atomic mass is 15.3. The summed E-state index contributed by atoms with van der Waals surface area (Å²) < 4.78 is 5.57. The molecule has 0 unspecified atom stereocenters. The molecule has 2 N–H and O–H groups in total. The van der Waals surface area contributed by atoms with Gasteiger partial charge in [0.15, 0.2) is 5.82 Å². The van der Waals surface area contributed by atoms with Gasteiger partial charge in [0.2, 0.25) is 0 Å². The van der Waals surface area contributed by atoms with E-state index in [9.17, 15) is 0 Å². The molecule has 5 rings (SSSR count). The van der Waals surface area contributed by atoms with Crippen LogP contribution in [0.4, 0.5) is 5.82 Å². The molecule has 0 atom stereocenters. The van der Waals surface area contributed by atoms with Crippen molar-refractivity contribution in [3.05, 3.63) is 37.1 Å². The van der Waals surface area contributed by atoms with Crippen molar-refractivity contribution >= 4 is 11.3 Å². The summed E-state index contributed by atoms with van der Waals surface area (Å²) in [4.78, 5) is 4.86. The minimum Gasteiger partial charge on any atom is -0.382 e. The summed E-state index contributed by atoms with van der Waals surface area (Å²) in [5, 5.41) is 13.1. The number of hydrogen-bond donors (Lipinski definition) is 1. The largest absolute Gasteiger partial charge is 0.382 e. The molecule has 0 spiro atoms. The molecule has 0 amide bonds. The fourth-order valence-electron chi connectivity index (χ4n) is 3.24. The van der Waals surface area contributed by atoms with Gasteiger partial charge in [-0.05, 0) is 25.3 Å². The van der Waals surface area contributed by atoms with Crippen LogP contribution in [0.25, 0.3) is 28.0 Å². The third-order valence-electron chi connectivity index (χ3n) is 4.85. The first-order valence-electron chi connectivity index (χ1n) is 8.37.